The highest BCUT2D eigenvalue weighted by Crippen LogP contribution is 2.22. The molecule has 124 valence electrons. The summed E-state index contributed by atoms with van der Waals surface area (Å²) in [6.45, 7) is 8.58. The number of aromatic nitrogens is 1. The Kier molecular flexibility index (Phi) is 5.38. The zero-order valence-corrected chi connectivity index (χ0v) is 14.8. The lowest BCUT2D eigenvalue weighted by Crippen LogP contribution is -2.30. The van der Waals surface area contributed by atoms with Crippen molar-refractivity contribution in [1.82, 2.24) is 9.29 Å². The summed E-state index contributed by atoms with van der Waals surface area (Å²) < 4.78 is 26.3. The number of aryl methyl sites for hydroxylation is 2. The number of sulfonamides is 1. The van der Waals surface area contributed by atoms with Crippen molar-refractivity contribution in [2.24, 2.45) is 0 Å². The Morgan fingerprint density at radius 1 is 1.09 bits per heavy atom. The Morgan fingerprint density at radius 2 is 1.78 bits per heavy atom. The summed E-state index contributed by atoms with van der Waals surface area (Å²) in [5, 5.41) is 3.23. The third-order valence-electron chi connectivity index (χ3n) is 3.74. The molecule has 23 heavy (non-hydrogen) atoms. The van der Waals surface area contributed by atoms with E-state index in [-0.39, 0.29) is 4.90 Å². The van der Waals surface area contributed by atoms with Crippen molar-refractivity contribution in [3.05, 3.63) is 47.7 Å². The van der Waals surface area contributed by atoms with Gasteiger partial charge in [0, 0.05) is 25.0 Å². The van der Waals surface area contributed by atoms with Crippen molar-refractivity contribution in [1.29, 1.82) is 0 Å². The van der Waals surface area contributed by atoms with Crippen molar-refractivity contribution >= 4 is 21.5 Å². The average molecular weight is 333 g/mol. The summed E-state index contributed by atoms with van der Waals surface area (Å²) >= 11 is 0. The second-order valence-corrected chi connectivity index (χ2v) is 7.35. The quantitative estimate of drug-likeness (QED) is 0.879. The van der Waals surface area contributed by atoms with Gasteiger partial charge in [-0.2, -0.15) is 4.31 Å². The van der Waals surface area contributed by atoms with Crippen molar-refractivity contribution < 1.29 is 8.42 Å². The SMILES string of the molecule is CCN(CC)S(=O)(=O)c1ccc(Nc2cc(C)ccc2C)nc1. The first-order chi connectivity index (χ1) is 10.9. The van der Waals surface area contributed by atoms with E-state index in [0.29, 0.717) is 18.9 Å². The molecule has 0 bridgehead atoms. The van der Waals surface area contributed by atoms with E-state index in [0.717, 1.165) is 16.8 Å². The number of benzene rings is 1. The molecule has 6 heteroatoms. The molecule has 1 N–H and O–H groups in total. The second kappa shape index (κ2) is 7.10. The van der Waals surface area contributed by atoms with Crippen LogP contribution >= 0.6 is 0 Å². The minimum atomic E-state index is -3.46. The minimum absolute atomic E-state index is 0.215. The fraction of sp³-hybridized carbons (Fsp3) is 0.353. The normalized spacial score (nSPS) is 11.7. The fourth-order valence-corrected chi connectivity index (χ4v) is 3.73. The third kappa shape index (κ3) is 3.89. The zero-order chi connectivity index (χ0) is 17.0. The van der Waals surface area contributed by atoms with Crippen LogP contribution in [0.1, 0.15) is 25.0 Å². The molecule has 0 fully saturated rings. The molecular weight excluding hydrogens is 310 g/mol. The summed E-state index contributed by atoms with van der Waals surface area (Å²) in [5.74, 6) is 0.622. The van der Waals surface area contributed by atoms with Crippen LogP contribution in [0.2, 0.25) is 0 Å². The van der Waals surface area contributed by atoms with E-state index in [1.807, 2.05) is 45.9 Å². The molecule has 0 aliphatic heterocycles. The summed E-state index contributed by atoms with van der Waals surface area (Å²) in [6.07, 6.45) is 1.40. The van der Waals surface area contributed by atoms with Gasteiger partial charge in [-0.1, -0.05) is 26.0 Å². The van der Waals surface area contributed by atoms with Crippen LogP contribution in [0, 0.1) is 13.8 Å². The number of hydrogen-bond donors (Lipinski definition) is 1. The van der Waals surface area contributed by atoms with Gasteiger partial charge in [-0.15, -0.1) is 0 Å². The Morgan fingerprint density at radius 3 is 2.35 bits per heavy atom. The van der Waals surface area contributed by atoms with Gasteiger partial charge in [0.05, 0.1) is 0 Å². The monoisotopic (exact) mass is 333 g/mol. The first-order valence-electron chi connectivity index (χ1n) is 7.69. The van der Waals surface area contributed by atoms with Crippen LogP contribution in [0.5, 0.6) is 0 Å². The molecular formula is C17H23N3O2S. The second-order valence-electron chi connectivity index (χ2n) is 5.41. The summed E-state index contributed by atoms with van der Waals surface area (Å²) in [6, 6.07) is 9.41. The topological polar surface area (TPSA) is 62.3 Å². The molecule has 0 radical (unpaired) electrons. The molecule has 1 aromatic heterocycles. The Labute approximate surface area is 138 Å². The van der Waals surface area contributed by atoms with Crippen molar-refractivity contribution in [2.45, 2.75) is 32.6 Å². The third-order valence-corrected chi connectivity index (χ3v) is 5.77. The predicted molar refractivity (Wildman–Crippen MR) is 93.5 cm³/mol. The van der Waals surface area contributed by atoms with E-state index in [2.05, 4.69) is 10.3 Å². The van der Waals surface area contributed by atoms with Crippen LogP contribution in [-0.2, 0) is 10.0 Å². The van der Waals surface area contributed by atoms with Gasteiger partial charge < -0.3 is 5.32 Å². The standard InChI is InChI=1S/C17H23N3O2S/c1-5-20(6-2)23(21,22)15-9-10-17(18-12-15)19-16-11-13(3)7-8-14(16)4/h7-12H,5-6H2,1-4H3,(H,18,19). The van der Waals surface area contributed by atoms with Crippen LogP contribution in [0.15, 0.2) is 41.4 Å². The molecule has 5 nitrogen and oxygen atoms in total. The van der Waals surface area contributed by atoms with Crippen LogP contribution in [-0.4, -0.2) is 30.8 Å². The summed E-state index contributed by atoms with van der Waals surface area (Å²) in [7, 11) is -3.46. The molecule has 2 rings (SSSR count). The largest absolute Gasteiger partial charge is 0.340 e. The van der Waals surface area contributed by atoms with E-state index >= 15 is 0 Å². The molecule has 1 aromatic carbocycles. The van der Waals surface area contributed by atoms with Gasteiger partial charge in [0.25, 0.3) is 0 Å². The molecule has 0 spiro atoms. The highest BCUT2D eigenvalue weighted by atomic mass is 32.2. The molecule has 0 aliphatic rings. The number of pyridine rings is 1. The lowest BCUT2D eigenvalue weighted by molar-refractivity contribution is 0.445. The molecule has 0 aliphatic carbocycles. The van der Waals surface area contributed by atoms with Crippen molar-refractivity contribution in [2.75, 3.05) is 18.4 Å². The number of nitrogens with zero attached hydrogens (tertiary/aromatic N) is 2. The summed E-state index contributed by atoms with van der Waals surface area (Å²) in [4.78, 5) is 4.46. The smallest absolute Gasteiger partial charge is 0.244 e. The highest BCUT2D eigenvalue weighted by molar-refractivity contribution is 7.89. The number of rotatable bonds is 6. The Hall–Kier alpha value is -1.92. The van der Waals surface area contributed by atoms with Crippen LogP contribution < -0.4 is 5.32 Å². The fourth-order valence-electron chi connectivity index (χ4n) is 2.33. The maximum Gasteiger partial charge on any atom is 0.244 e. The van der Waals surface area contributed by atoms with Crippen LogP contribution in [0.25, 0.3) is 0 Å². The Balaban J connectivity index is 2.24. The molecule has 0 saturated heterocycles. The summed E-state index contributed by atoms with van der Waals surface area (Å²) in [5.41, 5.74) is 3.23. The molecule has 0 amide bonds. The molecule has 0 saturated carbocycles. The van der Waals surface area contributed by atoms with Crippen molar-refractivity contribution in [3.8, 4) is 0 Å². The maximum atomic E-state index is 12.4. The highest BCUT2D eigenvalue weighted by Gasteiger charge is 2.21. The maximum absolute atomic E-state index is 12.4. The number of anilines is 2. The van der Waals surface area contributed by atoms with Gasteiger partial charge in [-0.3, -0.25) is 0 Å². The Bertz CT molecular complexity index is 767. The van der Waals surface area contributed by atoms with Gasteiger partial charge in [-0.25, -0.2) is 13.4 Å². The number of nitrogens with one attached hydrogen (secondary N) is 1. The molecule has 0 unspecified atom stereocenters. The van der Waals surface area contributed by atoms with Gasteiger partial charge in [0.1, 0.15) is 10.7 Å². The first-order valence-corrected chi connectivity index (χ1v) is 9.13. The van der Waals surface area contributed by atoms with Gasteiger partial charge in [-0.05, 0) is 43.2 Å². The predicted octanol–water partition coefficient (Wildman–Crippen LogP) is 3.47. The lowest BCUT2D eigenvalue weighted by Gasteiger charge is -2.18. The van der Waals surface area contributed by atoms with E-state index in [1.54, 1.807) is 12.1 Å². The van der Waals surface area contributed by atoms with Gasteiger partial charge in [0.15, 0.2) is 0 Å². The van der Waals surface area contributed by atoms with E-state index < -0.39 is 10.0 Å². The lowest BCUT2D eigenvalue weighted by atomic mass is 10.1. The van der Waals surface area contributed by atoms with E-state index in [9.17, 15) is 8.42 Å². The van der Waals surface area contributed by atoms with Crippen LogP contribution in [0.4, 0.5) is 11.5 Å². The molecule has 0 atom stereocenters. The first kappa shape index (κ1) is 17.4. The van der Waals surface area contributed by atoms with Crippen LogP contribution in [0.3, 0.4) is 0 Å². The molecule has 2 aromatic rings. The van der Waals surface area contributed by atoms with E-state index in [4.69, 9.17) is 0 Å². The van der Waals surface area contributed by atoms with E-state index in [1.165, 1.54) is 10.5 Å². The van der Waals surface area contributed by atoms with Gasteiger partial charge >= 0.3 is 0 Å². The van der Waals surface area contributed by atoms with Gasteiger partial charge in [0.2, 0.25) is 10.0 Å². The zero-order valence-electron chi connectivity index (χ0n) is 14.0. The van der Waals surface area contributed by atoms with Crippen molar-refractivity contribution in [3.63, 3.8) is 0 Å². The average Bonchev–Trinajstić information content (AvgIpc) is 2.52. The minimum Gasteiger partial charge on any atom is -0.340 e. The number of hydrogen-bond acceptors (Lipinski definition) is 4. The molecule has 1 heterocycles.